The molecule has 24 heavy (non-hydrogen) atoms. The van der Waals surface area contributed by atoms with Crippen molar-refractivity contribution in [3.05, 3.63) is 36.3 Å². The van der Waals surface area contributed by atoms with Crippen LogP contribution in [0.5, 0.6) is 0 Å². The zero-order valence-corrected chi connectivity index (χ0v) is 13.8. The molecule has 0 unspecified atom stereocenters. The maximum Gasteiger partial charge on any atom is 0.315 e. The minimum absolute atomic E-state index is 0.0831. The molecule has 2 atom stereocenters. The van der Waals surface area contributed by atoms with Gasteiger partial charge in [-0.1, -0.05) is 6.07 Å². The molecular weight excluding hydrogens is 304 g/mol. The Morgan fingerprint density at radius 1 is 1.33 bits per heavy atom. The molecule has 0 radical (unpaired) electrons. The minimum Gasteiger partial charge on any atom is -0.378 e. The zero-order chi connectivity index (χ0) is 16.4. The third-order valence-electron chi connectivity index (χ3n) is 4.88. The van der Waals surface area contributed by atoms with E-state index >= 15 is 0 Å². The van der Waals surface area contributed by atoms with E-state index < -0.39 is 0 Å². The summed E-state index contributed by atoms with van der Waals surface area (Å²) >= 11 is 0. The van der Waals surface area contributed by atoms with Gasteiger partial charge < -0.3 is 19.8 Å². The summed E-state index contributed by atoms with van der Waals surface area (Å²) < 4.78 is 7.79. The first-order chi connectivity index (χ1) is 11.8. The first-order valence-electron chi connectivity index (χ1n) is 8.86. The molecule has 6 heteroatoms. The van der Waals surface area contributed by atoms with Crippen LogP contribution in [0.1, 0.15) is 31.4 Å². The molecule has 0 spiro atoms. The van der Waals surface area contributed by atoms with Gasteiger partial charge in [-0.05, 0) is 43.7 Å². The van der Waals surface area contributed by atoms with Crippen LogP contribution < -0.4 is 10.6 Å². The Labute approximate surface area is 141 Å². The van der Waals surface area contributed by atoms with Crippen LogP contribution in [0.15, 0.2) is 30.6 Å². The third-order valence-corrected chi connectivity index (χ3v) is 4.88. The lowest BCUT2D eigenvalue weighted by Crippen LogP contribution is -2.47. The highest BCUT2D eigenvalue weighted by Crippen LogP contribution is 2.38. The van der Waals surface area contributed by atoms with Gasteiger partial charge in [-0.25, -0.2) is 9.78 Å². The fraction of sp³-hybridized carbons (Fsp3) is 0.556. The SMILES string of the molecule is O=C(NCCc1cn2ccccc2n1)N[C@H]1CCO[C@@H](C2CC2)C1. The molecule has 2 amide bonds. The molecule has 4 rings (SSSR count). The van der Waals surface area contributed by atoms with E-state index in [0.717, 1.165) is 43.1 Å². The van der Waals surface area contributed by atoms with Crippen molar-refractivity contribution < 1.29 is 9.53 Å². The second-order valence-corrected chi connectivity index (χ2v) is 6.82. The molecular formula is C18H24N4O2. The Hall–Kier alpha value is -2.08. The van der Waals surface area contributed by atoms with Crippen molar-refractivity contribution >= 4 is 11.7 Å². The van der Waals surface area contributed by atoms with E-state index in [1.807, 2.05) is 35.0 Å². The van der Waals surface area contributed by atoms with E-state index in [1.54, 1.807) is 0 Å². The van der Waals surface area contributed by atoms with Crippen LogP contribution >= 0.6 is 0 Å². The first kappa shape index (κ1) is 15.4. The van der Waals surface area contributed by atoms with Crippen LogP contribution in [-0.4, -0.2) is 40.7 Å². The average Bonchev–Trinajstić information content (AvgIpc) is 3.35. The predicted octanol–water partition coefficient (Wildman–Crippen LogP) is 2.13. The number of fused-ring (bicyclic) bond motifs is 1. The number of rotatable bonds is 5. The number of pyridine rings is 1. The lowest BCUT2D eigenvalue weighted by molar-refractivity contribution is -0.00913. The topological polar surface area (TPSA) is 67.7 Å². The Morgan fingerprint density at radius 3 is 3.08 bits per heavy atom. The van der Waals surface area contributed by atoms with Crippen LogP contribution in [0.25, 0.3) is 5.65 Å². The molecule has 1 saturated heterocycles. The lowest BCUT2D eigenvalue weighted by atomic mass is 10.0. The summed E-state index contributed by atoms with van der Waals surface area (Å²) in [7, 11) is 0. The molecule has 0 bridgehead atoms. The Balaban J connectivity index is 1.21. The molecule has 1 aliphatic heterocycles. The molecule has 1 saturated carbocycles. The van der Waals surface area contributed by atoms with Crippen molar-refractivity contribution in [1.29, 1.82) is 0 Å². The van der Waals surface area contributed by atoms with Gasteiger partial charge in [-0.3, -0.25) is 0 Å². The standard InChI is InChI=1S/C18H24N4O2/c23-18(21-14-7-10-24-16(11-14)13-4-5-13)19-8-6-15-12-22-9-2-1-3-17(22)20-15/h1-3,9,12-14,16H,4-8,10-11H2,(H2,19,21,23)/t14-,16+/m0/s1. The second-order valence-electron chi connectivity index (χ2n) is 6.82. The maximum atomic E-state index is 12.1. The van der Waals surface area contributed by atoms with Gasteiger partial charge in [0.05, 0.1) is 11.8 Å². The van der Waals surface area contributed by atoms with Gasteiger partial charge in [0.25, 0.3) is 0 Å². The molecule has 3 heterocycles. The summed E-state index contributed by atoms with van der Waals surface area (Å²) in [6.07, 6.45) is 9.48. The van der Waals surface area contributed by atoms with Gasteiger partial charge in [0, 0.05) is 38.0 Å². The highest BCUT2D eigenvalue weighted by atomic mass is 16.5. The number of urea groups is 1. The molecule has 2 aromatic rings. The van der Waals surface area contributed by atoms with Crippen LogP contribution in [-0.2, 0) is 11.2 Å². The fourth-order valence-electron chi connectivity index (χ4n) is 3.40. The van der Waals surface area contributed by atoms with E-state index in [4.69, 9.17) is 4.74 Å². The van der Waals surface area contributed by atoms with Crippen molar-refractivity contribution in [1.82, 2.24) is 20.0 Å². The van der Waals surface area contributed by atoms with Crippen LogP contribution in [0.3, 0.4) is 0 Å². The molecule has 6 nitrogen and oxygen atoms in total. The molecule has 2 N–H and O–H groups in total. The third kappa shape index (κ3) is 3.70. The Morgan fingerprint density at radius 2 is 2.25 bits per heavy atom. The molecule has 1 aliphatic carbocycles. The van der Waals surface area contributed by atoms with Crippen LogP contribution in [0.4, 0.5) is 4.79 Å². The summed E-state index contributed by atoms with van der Waals surface area (Å²) in [4.78, 5) is 16.6. The number of imidazole rings is 1. The second kappa shape index (κ2) is 6.81. The minimum atomic E-state index is -0.0831. The number of nitrogens with zero attached hydrogens (tertiary/aromatic N) is 2. The highest BCUT2D eigenvalue weighted by molar-refractivity contribution is 5.74. The quantitative estimate of drug-likeness (QED) is 0.883. The molecule has 2 aliphatic rings. The smallest absolute Gasteiger partial charge is 0.315 e. The average molecular weight is 328 g/mol. The van der Waals surface area contributed by atoms with Crippen molar-refractivity contribution in [2.75, 3.05) is 13.2 Å². The van der Waals surface area contributed by atoms with Crippen LogP contribution in [0.2, 0.25) is 0 Å². The van der Waals surface area contributed by atoms with Gasteiger partial charge >= 0.3 is 6.03 Å². The first-order valence-corrected chi connectivity index (χ1v) is 8.86. The maximum absolute atomic E-state index is 12.1. The van der Waals surface area contributed by atoms with Gasteiger partial charge in [-0.2, -0.15) is 0 Å². The van der Waals surface area contributed by atoms with E-state index in [-0.39, 0.29) is 12.1 Å². The summed E-state index contributed by atoms with van der Waals surface area (Å²) in [6.45, 7) is 1.35. The number of carbonyl (C=O) groups excluding carboxylic acids is 1. The van der Waals surface area contributed by atoms with Crippen molar-refractivity contribution in [3.8, 4) is 0 Å². The highest BCUT2D eigenvalue weighted by Gasteiger charge is 2.36. The van der Waals surface area contributed by atoms with E-state index in [2.05, 4.69) is 15.6 Å². The number of carbonyl (C=O) groups is 1. The van der Waals surface area contributed by atoms with E-state index in [9.17, 15) is 4.79 Å². The number of hydrogen-bond acceptors (Lipinski definition) is 3. The Bertz CT molecular complexity index is 677. The van der Waals surface area contributed by atoms with E-state index in [1.165, 1.54) is 12.8 Å². The van der Waals surface area contributed by atoms with Gasteiger partial charge in [0.2, 0.25) is 0 Å². The van der Waals surface area contributed by atoms with Crippen molar-refractivity contribution in [2.24, 2.45) is 5.92 Å². The molecule has 128 valence electrons. The van der Waals surface area contributed by atoms with Crippen LogP contribution in [0, 0.1) is 5.92 Å². The van der Waals surface area contributed by atoms with Gasteiger partial charge in [0.1, 0.15) is 5.65 Å². The zero-order valence-electron chi connectivity index (χ0n) is 13.8. The van der Waals surface area contributed by atoms with E-state index in [0.29, 0.717) is 12.6 Å². The molecule has 2 aromatic heterocycles. The number of nitrogens with one attached hydrogen (secondary N) is 2. The summed E-state index contributed by atoms with van der Waals surface area (Å²) in [5.41, 5.74) is 1.92. The normalized spacial score (nSPS) is 24.0. The van der Waals surface area contributed by atoms with Crippen molar-refractivity contribution in [2.45, 2.75) is 44.2 Å². The molecule has 0 aromatic carbocycles. The number of hydrogen-bond donors (Lipinski definition) is 2. The monoisotopic (exact) mass is 328 g/mol. The number of aromatic nitrogens is 2. The summed E-state index contributed by atoms with van der Waals surface area (Å²) in [6, 6.07) is 6.08. The van der Waals surface area contributed by atoms with Gasteiger partial charge in [-0.15, -0.1) is 0 Å². The summed E-state index contributed by atoms with van der Waals surface area (Å²) in [5.74, 6) is 0.729. The molecule has 2 fully saturated rings. The van der Waals surface area contributed by atoms with Crippen molar-refractivity contribution in [3.63, 3.8) is 0 Å². The summed E-state index contributed by atoms with van der Waals surface area (Å²) in [5, 5.41) is 6.03. The Kier molecular flexibility index (Phi) is 4.38. The lowest BCUT2D eigenvalue weighted by Gasteiger charge is -2.30. The number of amides is 2. The van der Waals surface area contributed by atoms with Gasteiger partial charge in [0.15, 0.2) is 0 Å². The number of ether oxygens (including phenoxy) is 1. The fourth-order valence-corrected chi connectivity index (χ4v) is 3.40. The largest absolute Gasteiger partial charge is 0.378 e. The predicted molar refractivity (Wildman–Crippen MR) is 90.9 cm³/mol.